The molecule has 0 radical (unpaired) electrons. The average molecular weight is 246 g/mol. The largest absolute Gasteiger partial charge is 0.477 e. The summed E-state index contributed by atoms with van der Waals surface area (Å²) in [6.07, 6.45) is 0.592. The summed E-state index contributed by atoms with van der Waals surface area (Å²) in [5.74, 6) is -1.35. The monoisotopic (exact) mass is 246 g/mol. The van der Waals surface area contributed by atoms with Crippen molar-refractivity contribution in [2.45, 2.75) is 20.3 Å². The van der Waals surface area contributed by atoms with E-state index in [-0.39, 0.29) is 11.6 Å². The van der Waals surface area contributed by atoms with E-state index in [9.17, 15) is 14.7 Å². The molecule has 0 aliphatic carbocycles. The topological polar surface area (TPSA) is 71.3 Å². The van der Waals surface area contributed by atoms with Crippen molar-refractivity contribution in [3.05, 3.63) is 35.5 Å². The number of amides is 1. The summed E-state index contributed by atoms with van der Waals surface area (Å²) in [7, 11) is 0. The van der Waals surface area contributed by atoms with Crippen molar-refractivity contribution < 1.29 is 14.7 Å². The van der Waals surface area contributed by atoms with E-state index >= 15 is 0 Å². The lowest BCUT2D eigenvalue weighted by atomic mass is 10.1. The molecule has 0 atom stereocenters. The molecule has 1 amide bonds. The lowest BCUT2D eigenvalue weighted by Crippen LogP contribution is -2.24. The Kier molecular flexibility index (Phi) is 3.06. The molecule has 5 nitrogen and oxygen atoms in total. The highest BCUT2D eigenvalue weighted by molar-refractivity contribution is 6.00. The first-order valence-corrected chi connectivity index (χ1v) is 5.69. The maximum atomic E-state index is 11.4. The van der Waals surface area contributed by atoms with Gasteiger partial charge in [-0.05, 0) is 18.1 Å². The molecule has 0 aliphatic rings. The van der Waals surface area contributed by atoms with Crippen LogP contribution < -0.4 is 5.43 Å². The van der Waals surface area contributed by atoms with Crippen LogP contribution >= 0.6 is 0 Å². The molecular formula is C13H14N2O3. The number of hydrogen-bond donors (Lipinski definition) is 2. The lowest BCUT2D eigenvalue weighted by molar-refractivity contribution is -0.115. The zero-order valence-corrected chi connectivity index (χ0v) is 10.2. The molecule has 2 aromatic rings. The van der Waals surface area contributed by atoms with E-state index in [2.05, 4.69) is 5.43 Å². The highest BCUT2D eigenvalue weighted by atomic mass is 16.4. The number of carbonyl (C=O) groups is 2. The van der Waals surface area contributed by atoms with Crippen LogP contribution in [-0.2, 0) is 11.2 Å². The van der Waals surface area contributed by atoms with Crippen LogP contribution in [0.3, 0.4) is 0 Å². The van der Waals surface area contributed by atoms with E-state index in [4.69, 9.17) is 0 Å². The quantitative estimate of drug-likeness (QED) is 0.870. The Morgan fingerprint density at radius 3 is 2.56 bits per heavy atom. The molecule has 2 rings (SSSR count). The smallest absolute Gasteiger partial charge is 0.354 e. The number of carboxylic acids is 1. The summed E-state index contributed by atoms with van der Waals surface area (Å²) in [5.41, 5.74) is 4.09. The molecule has 0 bridgehead atoms. The maximum Gasteiger partial charge on any atom is 0.354 e. The molecule has 0 aliphatic heterocycles. The van der Waals surface area contributed by atoms with Crippen LogP contribution in [0.25, 0.3) is 10.9 Å². The first-order valence-electron chi connectivity index (χ1n) is 5.69. The molecule has 1 aromatic carbocycles. The maximum absolute atomic E-state index is 11.4. The number of rotatable bonds is 3. The van der Waals surface area contributed by atoms with Crippen molar-refractivity contribution in [1.82, 2.24) is 4.68 Å². The Balaban J connectivity index is 2.82. The fourth-order valence-electron chi connectivity index (χ4n) is 2.16. The summed E-state index contributed by atoms with van der Waals surface area (Å²) < 4.78 is 1.35. The Hall–Kier alpha value is -2.30. The number of para-hydroxylation sites is 1. The number of aryl methyl sites for hydroxylation is 1. The van der Waals surface area contributed by atoms with Crippen molar-refractivity contribution >= 4 is 22.8 Å². The molecule has 94 valence electrons. The van der Waals surface area contributed by atoms with Crippen LogP contribution in [0.4, 0.5) is 0 Å². The van der Waals surface area contributed by atoms with Gasteiger partial charge in [0.2, 0.25) is 5.91 Å². The Bertz CT molecular complexity index is 628. The van der Waals surface area contributed by atoms with E-state index in [1.165, 1.54) is 11.6 Å². The summed E-state index contributed by atoms with van der Waals surface area (Å²) in [4.78, 5) is 22.6. The average Bonchev–Trinajstić information content (AvgIpc) is 2.63. The summed E-state index contributed by atoms with van der Waals surface area (Å²) in [5, 5.41) is 10.2. The molecule has 1 heterocycles. The standard InChI is InChI=1S/C13H14N2O3/c1-3-9-10-6-4-5-7-11(10)15(14-8(2)16)12(9)13(17)18/h4-7H,3H2,1-2H3,(H,14,16)(H,17,18). The van der Waals surface area contributed by atoms with E-state index in [1.54, 1.807) is 6.07 Å². The molecule has 1 aromatic heterocycles. The van der Waals surface area contributed by atoms with Gasteiger partial charge >= 0.3 is 5.97 Å². The van der Waals surface area contributed by atoms with Crippen LogP contribution in [0.2, 0.25) is 0 Å². The normalized spacial score (nSPS) is 10.6. The van der Waals surface area contributed by atoms with Gasteiger partial charge in [-0.1, -0.05) is 25.1 Å². The number of carbonyl (C=O) groups excluding carboxylic acids is 1. The number of nitrogens with one attached hydrogen (secondary N) is 1. The minimum Gasteiger partial charge on any atom is -0.477 e. The highest BCUT2D eigenvalue weighted by Gasteiger charge is 2.21. The number of nitrogens with zero attached hydrogens (tertiary/aromatic N) is 1. The summed E-state index contributed by atoms with van der Waals surface area (Å²) in [6.45, 7) is 3.25. The number of aromatic carboxylic acids is 1. The molecule has 0 spiro atoms. The number of aromatic nitrogens is 1. The van der Waals surface area contributed by atoms with Crippen LogP contribution in [0.1, 0.15) is 29.9 Å². The second-order valence-electron chi connectivity index (χ2n) is 4.01. The number of hydrogen-bond acceptors (Lipinski definition) is 2. The first kappa shape index (κ1) is 12.2. The van der Waals surface area contributed by atoms with E-state index in [1.807, 2.05) is 25.1 Å². The van der Waals surface area contributed by atoms with Gasteiger partial charge in [0.1, 0.15) is 0 Å². The van der Waals surface area contributed by atoms with Gasteiger partial charge in [0.25, 0.3) is 0 Å². The van der Waals surface area contributed by atoms with Gasteiger partial charge in [0.15, 0.2) is 5.69 Å². The lowest BCUT2D eigenvalue weighted by Gasteiger charge is -2.08. The number of carboxylic acid groups (broad SMARTS) is 1. The van der Waals surface area contributed by atoms with Crippen molar-refractivity contribution in [2.75, 3.05) is 5.43 Å². The van der Waals surface area contributed by atoms with E-state index in [0.29, 0.717) is 11.9 Å². The molecule has 2 N–H and O–H groups in total. The second-order valence-corrected chi connectivity index (χ2v) is 4.01. The van der Waals surface area contributed by atoms with Crippen molar-refractivity contribution in [3.8, 4) is 0 Å². The van der Waals surface area contributed by atoms with Crippen molar-refractivity contribution in [1.29, 1.82) is 0 Å². The minimum absolute atomic E-state index is 0.119. The third-order valence-corrected chi connectivity index (χ3v) is 2.80. The van der Waals surface area contributed by atoms with Crippen LogP contribution in [0.5, 0.6) is 0 Å². The highest BCUT2D eigenvalue weighted by Crippen LogP contribution is 2.25. The fourth-order valence-corrected chi connectivity index (χ4v) is 2.16. The summed E-state index contributed by atoms with van der Waals surface area (Å²) >= 11 is 0. The third kappa shape index (κ3) is 1.84. The number of fused-ring (bicyclic) bond motifs is 1. The van der Waals surface area contributed by atoms with Crippen LogP contribution in [0.15, 0.2) is 24.3 Å². The van der Waals surface area contributed by atoms with Gasteiger partial charge in [-0.3, -0.25) is 10.2 Å². The summed E-state index contributed by atoms with van der Waals surface area (Å²) in [6, 6.07) is 7.31. The van der Waals surface area contributed by atoms with Gasteiger partial charge in [-0.15, -0.1) is 0 Å². The van der Waals surface area contributed by atoms with Gasteiger partial charge in [-0.25, -0.2) is 9.47 Å². The van der Waals surface area contributed by atoms with E-state index < -0.39 is 5.97 Å². The van der Waals surface area contributed by atoms with Crippen LogP contribution in [0, 0.1) is 0 Å². The van der Waals surface area contributed by atoms with Gasteiger partial charge < -0.3 is 5.11 Å². The first-order chi connectivity index (χ1) is 8.56. The Morgan fingerprint density at radius 2 is 2.00 bits per heavy atom. The molecular weight excluding hydrogens is 232 g/mol. The minimum atomic E-state index is -1.04. The SMILES string of the molecule is CCc1c(C(=O)O)n(NC(C)=O)c2ccccc12. The molecule has 0 saturated carbocycles. The molecule has 0 saturated heterocycles. The predicted octanol–water partition coefficient (Wildman–Crippen LogP) is 1.99. The zero-order valence-electron chi connectivity index (χ0n) is 10.2. The van der Waals surface area contributed by atoms with Crippen molar-refractivity contribution in [3.63, 3.8) is 0 Å². The second kappa shape index (κ2) is 4.52. The predicted molar refractivity (Wildman–Crippen MR) is 68.3 cm³/mol. The van der Waals surface area contributed by atoms with Gasteiger partial charge in [0.05, 0.1) is 5.52 Å². The molecule has 18 heavy (non-hydrogen) atoms. The number of benzene rings is 1. The fraction of sp³-hybridized carbons (Fsp3) is 0.231. The van der Waals surface area contributed by atoms with E-state index in [0.717, 1.165) is 10.9 Å². The molecule has 0 unspecified atom stereocenters. The Labute approximate surface area is 104 Å². The molecule has 0 fully saturated rings. The van der Waals surface area contributed by atoms with Crippen LogP contribution in [-0.4, -0.2) is 21.7 Å². The van der Waals surface area contributed by atoms with Gasteiger partial charge in [-0.2, -0.15) is 0 Å². The zero-order chi connectivity index (χ0) is 13.3. The third-order valence-electron chi connectivity index (χ3n) is 2.80. The molecule has 5 heteroatoms. The van der Waals surface area contributed by atoms with Gasteiger partial charge in [0, 0.05) is 12.3 Å². The van der Waals surface area contributed by atoms with Crippen molar-refractivity contribution in [2.24, 2.45) is 0 Å². The Morgan fingerprint density at radius 1 is 1.33 bits per heavy atom.